The molecular weight excluding hydrogens is 386 g/mol. The first-order valence-electron chi connectivity index (χ1n) is 8.14. The molecule has 0 aliphatic carbocycles. The van der Waals surface area contributed by atoms with E-state index in [1.807, 2.05) is 6.07 Å². The fraction of sp³-hybridized carbons (Fsp3) is 0.333. The lowest BCUT2D eigenvalue weighted by Gasteiger charge is -2.17. The van der Waals surface area contributed by atoms with Crippen LogP contribution in [0.3, 0.4) is 0 Å². The van der Waals surface area contributed by atoms with E-state index in [-0.39, 0.29) is 32.7 Å². The molecule has 1 aromatic heterocycles. The summed E-state index contributed by atoms with van der Waals surface area (Å²) in [6.45, 7) is 5.14. The summed E-state index contributed by atoms with van der Waals surface area (Å²) in [5.41, 5.74) is 10.8. The van der Waals surface area contributed by atoms with E-state index in [0.29, 0.717) is 11.3 Å². The molecule has 1 amide bonds. The largest absolute Gasteiger partial charge is 0.396 e. The zero-order chi connectivity index (χ0) is 20.6. The van der Waals surface area contributed by atoms with Crippen molar-refractivity contribution >= 4 is 38.7 Å². The van der Waals surface area contributed by atoms with Crippen LogP contribution in [0.4, 0.5) is 5.69 Å². The summed E-state index contributed by atoms with van der Waals surface area (Å²) in [6.07, 6.45) is 0. The number of amides is 1. The van der Waals surface area contributed by atoms with Crippen molar-refractivity contribution < 1.29 is 18.0 Å². The quantitative estimate of drug-likeness (QED) is 0.709. The van der Waals surface area contributed by atoms with Crippen LogP contribution >= 0.6 is 11.3 Å². The van der Waals surface area contributed by atoms with Crippen LogP contribution in [-0.4, -0.2) is 31.5 Å². The number of Topliss-reactive ketones (excluding diaryl/α,β-unsaturated/α-hetero) is 1. The Morgan fingerprint density at radius 2 is 1.70 bits per heavy atom. The van der Waals surface area contributed by atoms with Crippen molar-refractivity contribution in [1.29, 1.82) is 0 Å². The van der Waals surface area contributed by atoms with Gasteiger partial charge in [0.15, 0.2) is 9.99 Å². The standard InChI is InChI=1S/C18H23N3O4S2/c1-18(2,3)15(22)14-12(16(20)23)13(19)17(26-14)27(24,25)21(4)10-11-8-6-5-7-9-11/h5-9H,10,19H2,1-4H3,(H2,20,23). The first-order valence-corrected chi connectivity index (χ1v) is 10.4. The number of rotatable bonds is 6. The minimum absolute atomic E-state index is 0.0285. The molecule has 9 heteroatoms. The Morgan fingerprint density at radius 3 is 2.19 bits per heavy atom. The van der Waals surface area contributed by atoms with E-state index in [9.17, 15) is 18.0 Å². The molecule has 146 valence electrons. The summed E-state index contributed by atoms with van der Waals surface area (Å²) < 4.78 is 26.9. The van der Waals surface area contributed by atoms with Gasteiger partial charge in [-0.25, -0.2) is 8.42 Å². The van der Waals surface area contributed by atoms with Gasteiger partial charge in [0.25, 0.3) is 15.9 Å². The molecule has 0 aliphatic rings. The summed E-state index contributed by atoms with van der Waals surface area (Å²) in [5, 5.41) is 0. The predicted octanol–water partition coefficient (Wildman–Crippen LogP) is 2.48. The summed E-state index contributed by atoms with van der Waals surface area (Å²) in [4.78, 5) is 24.5. The van der Waals surface area contributed by atoms with Crippen molar-refractivity contribution in [1.82, 2.24) is 4.31 Å². The first-order chi connectivity index (χ1) is 12.4. The number of benzene rings is 1. The van der Waals surface area contributed by atoms with Crippen LogP contribution in [0.25, 0.3) is 0 Å². The van der Waals surface area contributed by atoms with Crippen LogP contribution in [0.2, 0.25) is 0 Å². The average Bonchev–Trinajstić information content (AvgIpc) is 2.92. The molecule has 1 heterocycles. The Bertz CT molecular complexity index is 974. The van der Waals surface area contributed by atoms with E-state index in [0.717, 1.165) is 9.87 Å². The van der Waals surface area contributed by atoms with Gasteiger partial charge >= 0.3 is 0 Å². The maximum Gasteiger partial charge on any atom is 0.254 e. The van der Waals surface area contributed by atoms with Crippen LogP contribution in [-0.2, 0) is 16.6 Å². The Morgan fingerprint density at radius 1 is 1.15 bits per heavy atom. The number of anilines is 1. The van der Waals surface area contributed by atoms with E-state index in [2.05, 4.69) is 0 Å². The molecule has 0 saturated heterocycles. The van der Waals surface area contributed by atoms with Gasteiger partial charge in [0.05, 0.1) is 16.1 Å². The Balaban J connectivity index is 2.54. The molecule has 0 atom stereocenters. The molecule has 0 aliphatic heterocycles. The van der Waals surface area contributed by atoms with Crippen LogP contribution in [0.15, 0.2) is 34.5 Å². The van der Waals surface area contributed by atoms with Crippen molar-refractivity contribution in [3.8, 4) is 0 Å². The summed E-state index contributed by atoms with van der Waals surface area (Å²) >= 11 is 0.690. The van der Waals surface area contributed by atoms with Gasteiger partial charge in [0, 0.05) is 19.0 Å². The van der Waals surface area contributed by atoms with E-state index in [1.54, 1.807) is 45.0 Å². The lowest BCUT2D eigenvalue weighted by molar-refractivity contribution is 0.0855. The highest BCUT2D eigenvalue weighted by molar-refractivity contribution is 7.91. The number of carbonyl (C=O) groups excluding carboxylic acids is 2. The molecule has 0 unspecified atom stereocenters. The van der Waals surface area contributed by atoms with Crippen molar-refractivity contribution in [3.63, 3.8) is 0 Å². The van der Waals surface area contributed by atoms with Gasteiger partial charge < -0.3 is 11.5 Å². The molecule has 4 N–H and O–H groups in total. The molecule has 0 spiro atoms. The molecule has 2 aromatic rings. The second-order valence-electron chi connectivity index (χ2n) is 7.20. The van der Waals surface area contributed by atoms with Gasteiger partial charge in [-0.3, -0.25) is 9.59 Å². The molecule has 0 bridgehead atoms. The third-order valence-electron chi connectivity index (χ3n) is 3.94. The van der Waals surface area contributed by atoms with Gasteiger partial charge in [0.2, 0.25) is 0 Å². The highest BCUT2D eigenvalue weighted by Gasteiger charge is 2.36. The molecule has 27 heavy (non-hydrogen) atoms. The molecule has 1 aromatic carbocycles. The average molecular weight is 410 g/mol. The summed E-state index contributed by atoms with van der Waals surface area (Å²) in [6, 6.07) is 9.04. The monoisotopic (exact) mass is 409 g/mol. The minimum Gasteiger partial charge on any atom is -0.396 e. The fourth-order valence-corrected chi connectivity index (χ4v) is 5.57. The second-order valence-corrected chi connectivity index (χ2v) is 10.5. The molecule has 2 rings (SSSR count). The molecule has 0 fully saturated rings. The third kappa shape index (κ3) is 4.20. The normalized spacial score (nSPS) is 12.3. The van der Waals surface area contributed by atoms with E-state index in [1.165, 1.54) is 7.05 Å². The van der Waals surface area contributed by atoms with Crippen LogP contribution in [0, 0.1) is 5.41 Å². The highest BCUT2D eigenvalue weighted by Crippen LogP contribution is 2.39. The number of nitrogen functional groups attached to an aromatic ring is 1. The zero-order valence-corrected chi connectivity index (χ0v) is 17.3. The van der Waals surface area contributed by atoms with Crippen LogP contribution in [0.1, 0.15) is 46.4 Å². The van der Waals surface area contributed by atoms with E-state index < -0.39 is 21.3 Å². The SMILES string of the molecule is CN(Cc1ccccc1)S(=O)(=O)c1sc(C(=O)C(C)(C)C)c(C(N)=O)c1N. The number of primary amides is 1. The molecule has 7 nitrogen and oxygen atoms in total. The second kappa shape index (κ2) is 7.41. The van der Waals surface area contributed by atoms with Gasteiger partial charge in [-0.15, -0.1) is 11.3 Å². The van der Waals surface area contributed by atoms with Gasteiger partial charge in [-0.1, -0.05) is 51.1 Å². The Labute approximate surface area is 163 Å². The summed E-state index contributed by atoms with van der Waals surface area (Å²) in [5.74, 6) is -1.32. The van der Waals surface area contributed by atoms with Gasteiger partial charge in [-0.05, 0) is 5.56 Å². The zero-order valence-electron chi connectivity index (χ0n) is 15.6. The summed E-state index contributed by atoms with van der Waals surface area (Å²) in [7, 11) is -2.60. The van der Waals surface area contributed by atoms with Gasteiger partial charge in [0.1, 0.15) is 0 Å². The number of sulfonamides is 1. The number of nitrogens with zero attached hydrogens (tertiary/aromatic N) is 1. The van der Waals surface area contributed by atoms with Crippen LogP contribution < -0.4 is 11.5 Å². The minimum atomic E-state index is -4.02. The number of hydrogen-bond acceptors (Lipinski definition) is 6. The smallest absolute Gasteiger partial charge is 0.254 e. The molecule has 0 radical (unpaired) electrons. The number of carbonyl (C=O) groups is 2. The van der Waals surface area contributed by atoms with Gasteiger partial charge in [-0.2, -0.15) is 4.31 Å². The van der Waals surface area contributed by atoms with Crippen molar-refractivity contribution in [2.75, 3.05) is 12.8 Å². The number of ketones is 1. The lowest BCUT2D eigenvalue weighted by atomic mass is 9.88. The van der Waals surface area contributed by atoms with Crippen molar-refractivity contribution in [3.05, 3.63) is 46.3 Å². The highest BCUT2D eigenvalue weighted by atomic mass is 32.2. The predicted molar refractivity (Wildman–Crippen MR) is 106 cm³/mol. The fourth-order valence-electron chi connectivity index (χ4n) is 2.43. The van der Waals surface area contributed by atoms with Crippen LogP contribution in [0.5, 0.6) is 0 Å². The lowest BCUT2D eigenvalue weighted by Crippen LogP contribution is -2.26. The van der Waals surface area contributed by atoms with E-state index >= 15 is 0 Å². The Hall–Kier alpha value is -2.23. The Kier molecular flexibility index (Phi) is 5.79. The maximum absolute atomic E-state index is 13.0. The topological polar surface area (TPSA) is 124 Å². The first kappa shape index (κ1) is 21.1. The maximum atomic E-state index is 13.0. The number of thiophene rings is 1. The number of hydrogen-bond donors (Lipinski definition) is 2. The van der Waals surface area contributed by atoms with Crippen molar-refractivity contribution in [2.24, 2.45) is 11.1 Å². The molecular formula is C18H23N3O4S2. The molecule has 0 saturated carbocycles. The van der Waals surface area contributed by atoms with E-state index in [4.69, 9.17) is 11.5 Å². The van der Waals surface area contributed by atoms with Crippen molar-refractivity contribution in [2.45, 2.75) is 31.5 Å². The number of nitrogens with two attached hydrogens (primary N) is 2. The third-order valence-corrected chi connectivity index (χ3v) is 7.46.